The van der Waals surface area contributed by atoms with Crippen molar-refractivity contribution in [3.8, 4) is 16.6 Å². The lowest BCUT2D eigenvalue weighted by molar-refractivity contribution is -0.134. The van der Waals surface area contributed by atoms with Gasteiger partial charge in [0.25, 0.3) is 5.56 Å². The Morgan fingerprint density at radius 3 is 2.53 bits per heavy atom. The zero-order valence-electron chi connectivity index (χ0n) is 16.2. The van der Waals surface area contributed by atoms with Crippen LogP contribution in [0.25, 0.3) is 21.5 Å². The number of benzene rings is 2. The van der Waals surface area contributed by atoms with Crippen molar-refractivity contribution in [2.24, 2.45) is 0 Å². The number of aromatic nitrogens is 3. The minimum absolute atomic E-state index is 0.0471. The molecular formula is C21H14F3N5O2S. The first-order chi connectivity index (χ1) is 15.2. The number of nitrogen functional groups attached to an aromatic ring is 1. The second-order valence-corrected chi connectivity index (χ2v) is 7.90. The molecule has 0 aliphatic carbocycles. The van der Waals surface area contributed by atoms with Gasteiger partial charge in [-0.1, -0.05) is 12.1 Å². The van der Waals surface area contributed by atoms with Crippen LogP contribution in [-0.2, 0) is 19.3 Å². The van der Waals surface area contributed by atoms with Crippen LogP contribution < -0.4 is 11.3 Å². The molecule has 3 N–H and O–H groups in total. The van der Waals surface area contributed by atoms with Gasteiger partial charge >= 0.3 is 6.18 Å². The first kappa shape index (κ1) is 21.5. The molecule has 0 amide bonds. The Labute approximate surface area is 182 Å². The lowest BCUT2D eigenvalue weighted by atomic mass is 10.1. The number of anilines is 1. The molecule has 0 radical (unpaired) electrons. The third-order valence-corrected chi connectivity index (χ3v) is 5.86. The van der Waals surface area contributed by atoms with Crippen molar-refractivity contribution in [2.75, 3.05) is 5.73 Å². The smallest absolute Gasteiger partial charge is 0.398 e. The molecule has 0 bridgehead atoms. The zero-order valence-corrected chi connectivity index (χ0v) is 17.0. The predicted octanol–water partition coefficient (Wildman–Crippen LogP) is 3.53. The van der Waals surface area contributed by atoms with Crippen molar-refractivity contribution in [1.82, 2.24) is 14.5 Å². The highest BCUT2D eigenvalue weighted by atomic mass is 32.1. The highest BCUT2D eigenvalue weighted by molar-refractivity contribution is 7.15. The van der Waals surface area contributed by atoms with Crippen molar-refractivity contribution >= 4 is 27.9 Å². The fraction of sp³-hybridized carbons (Fsp3) is 0.143. The summed E-state index contributed by atoms with van der Waals surface area (Å²) >= 11 is 0.438. The van der Waals surface area contributed by atoms with Gasteiger partial charge in [-0.3, -0.25) is 9.36 Å². The van der Waals surface area contributed by atoms with E-state index in [9.17, 15) is 23.1 Å². The molecule has 7 nitrogen and oxygen atoms in total. The lowest BCUT2D eigenvalue weighted by Crippen LogP contribution is -2.26. The Morgan fingerprint density at radius 1 is 1.22 bits per heavy atom. The summed E-state index contributed by atoms with van der Waals surface area (Å²) in [5.41, 5.74) is 7.25. The van der Waals surface area contributed by atoms with Gasteiger partial charge in [0.15, 0.2) is 0 Å². The van der Waals surface area contributed by atoms with Crippen LogP contribution in [0.1, 0.15) is 21.8 Å². The first-order valence-electron chi connectivity index (χ1n) is 9.17. The van der Waals surface area contributed by atoms with E-state index in [1.165, 1.54) is 16.7 Å². The molecule has 0 saturated heterocycles. The van der Waals surface area contributed by atoms with E-state index >= 15 is 0 Å². The Kier molecular flexibility index (Phi) is 5.41. The van der Waals surface area contributed by atoms with Crippen LogP contribution in [0, 0.1) is 11.3 Å². The van der Waals surface area contributed by atoms with Gasteiger partial charge < -0.3 is 10.8 Å². The molecule has 0 fully saturated rings. The molecule has 0 atom stereocenters. The van der Waals surface area contributed by atoms with Gasteiger partial charge in [-0.15, -0.1) is 11.3 Å². The van der Waals surface area contributed by atoms with Gasteiger partial charge in [0.2, 0.25) is 0 Å². The van der Waals surface area contributed by atoms with Crippen LogP contribution in [0.5, 0.6) is 0 Å². The Hall–Kier alpha value is -3.75. The van der Waals surface area contributed by atoms with Crippen molar-refractivity contribution in [3.63, 3.8) is 0 Å². The van der Waals surface area contributed by atoms with Gasteiger partial charge in [-0.2, -0.15) is 18.4 Å². The van der Waals surface area contributed by atoms with E-state index in [2.05, 4.69) is 9.97 Å². The number of alkyl halides is 3. The maximum Gasteiger partial charge on any atom is 0.427 e. The summed E-state index contributed by atoms with van der Waals surface area (Å²) in [5.74, 6) is 0.0812. The number of nitriles is 1. The van der Waals surface area contributed by atoms with Crippen molar-refractivity contribution in [1.29, 1.82) is 5.26 Å². The molecule has 2 aromatic carbocycles. The van der Waals surface area contributed by atoms with Gasteiger partial charge in [-0.05, 0) is 29.8 Å². The van der Waals surface area contributed by atoms with Crippen molar-refractivity contribution < 1.29 is 18.3 Å². The number of hydrogen-bond acceptors (Lipinski definition) is 7. The molecule has 0 aliphatic rings. The van der Waals surface area contributed by atoms with Crippen molar-refractivity contribution in [2.45, 2.75) is 19.3 Å². The van der Waals surface area contributed by atoms with E-state index in [1.54, 1.807) is 24.3 Å². The summed E-state index contributed by atoms with van der Waals surface area (Å²) < 4.78 is 40.1. The third kappa shape index (κ3) is 3.93. The maximum atomic E-state index is 13.1. The van der Waals surface area contributed by atoms with Crippen LogP contribution >= 0.6 is 11.3 Å². The molecule has 162 valence electrons. The van der Waals surface area contributed by atoms with E-state index in [0.717, 1.165) is 6.20 Å². The molecule has 2 heterocycles. The molecule has 32 heavy (non-hydrogen) atoms. The van der Waals surface area contributed by atoms with E-state index in [0.29, 0.717) is 22.5 Å². The fourth-order valence-corrected chi connectivity index (χ4v) is 4.02. The summed E-state index contributed by atoms with van der Waals surface area (Å²) in [6.45, 7) is -0.427. The summed E-state index contributed by atoms with van der Waals surface area (Å²) in [4.78, 5) is 20.4. The number of thiazole rings is 1. The largest absolute Gasteiger partial charge is 0.427 e. The minimum Gasteiger partial charge on any atom is -0.398 e. The number of fused-ring (bicyclic) bond motifs is 1. The Bertz CT molecular complexity index is 1420. The molecule has 4 rings (SSSR count). The normalized spacial score (nSPS) is 11.6. The van der Waals surface area contributed by atoms with E-state index in [-0.39, 0.29) is 39.5 Å². The molecule has 4 aromatic rings. The van der Waals surface area contributed by atoms with Crippen LogP contribution in [-0.4, -0.2) is 19.6 Å². The standard InChI is InChI=1S/C21H14F3N5O2S/c22-21(23,24)17-8-27-19(32-17)13-6-16-14(5-15(13)26)20(31)29(18(10-30)28-16)9-12-3-1-11(7-25)2-4-12/h1-6,8,30H,9-10,26H2. The maximum absolute atomic E-state index is 13.1. The van der Waals surface area contributed by atoms with Gasteiger partial charge in [0.05, 0.1) is 35.3 Å². The van der Waals surface area contributed by atoms with E-state index in [4.69, 9.17) is 11.0 Å². The fourth-order valence-electron chi connectivity index (χ4n) is 3.20. The van der Waals surface area contributed by atoms with Gasteiger partial charge in [0.1, 0.15) is 22.3 Å². The summed E-state index contributed by atoms with van der Waals surface area (Å²) in [6, 6.07) is 11.4. The highest BCUT2D eigenvalue weighted by Gasteiger charge is 2.33. The second-order valence-electron chi connectivity index (χ2n) is 6.87. The number of hydrogen-bond donors (Lipinski definition) is 2. The van der Waals surface area contributed by atoms with Crippen LogP contribution in [0.15, 0.2) is 47.4 Å². The number of halogens is 3. The third-order valence-electron chi connectivity index (χ3n) is 4.79. The average molecular weight is 457 g/mol. The SMILES string of the molecule is N#Cc1ccc(Cn2c(CO)nc3cc(-c4ncc(C(F)(F)F)s4)c(N)cc3c2=O)cc1. The van der Waals surface area contributed by atoms with Gasteiger partial charge in [0, 0.05) is 11.3 Å². The molecule has 0 saturated carbocycles. The molecule has 0 aliphatic heterocycles. The van der Waals surface area contributed by atoms with E-state index < -0.39 is 23.2 Å². The molecule has 0 unspecified atom stereocenters. The van der Waals surface area contributed by atoms with Gasteiger partial charge in [-0.25, -0.2) is 9.97 Å². The lowest BCUT2D eigenvalue weighted by Gasteiger charge is -2.13. The Morgan fingerprint density at radius 2 is 1.94 bits per heavy atom. The van der Waals surface area contributed by atoms with Crippen LogP contribution in [0.3, 0.4) is 0 Å². The first-order valence-corrected chi connectivity index (χ1v) is 9.99. The molecule has 0 spiro atoms. The zero-order chi connectivity index (χ0) is 23.0. The number of rotatable bonds is 4. The highest BCUT2D eigenvalue weighted by Crippen LogP contribution is 2.38. The number of nitrogens with zero attached hydrogens (tertiary/aromatic N) is 4. The topological polar surface area (TPSA) is 118 Å². The number of aliphatic hydroxyl groups is 1. The minimum atomic E-state index is -4.52. The molecular weight excluding hydrogens is 443 g/mol. The quantitative estimate of drug-likeness (QED) is 0.453. The monoisotopic (exact) mass is 457 g/mol. The summed E-state index contributed by atoms with van der Waals surface area (Å²) in [6.07, 6.45) is -3.80. The number of aliphatic hydroxyl groups excluding tert-OH is 1. The number of nitrogens with two attached hydrogens (primary N) is 1. The summed E-state index contributed by atoms with van der Waals surface area (Å²) in [5, 5.41) is 18.9. The van der Waals surface area contributed by atoms with Crippen LogP contribution in [0.2, 0.25) is 0 Å². The van der Waals surface area contributed by atoms with Crippen LogP contribution in [0.4, 0.5) is 18.9 Å². The predicted molar refractivity (Wildman–Crippen MR) is 113 cm³/mol. The van der Waals surface area contributed by atoms with Crippen molar-refractivity contribution in [3.05, 3.63) is 74.8 Å². The molecule has 2 aromatic heterocycles. The molecule has 11 heteroatoms. The second kappa shape index (κ2) is 8.07. The average Bonchev–Trinajstić information content (AvgIpc) is 3.27. The summed E-state index contributed by atoms with van der Waals surface area (Å²) in [7, 11) is 0. The van der Waals surface area contributed by atoms with E-state index in [1.807, 2.05) is 6.07 Å². The Balaban J connectivity index is 1.81.